The average molecular weight is 266 g/mol. The maximum absolute atomic E-state index is 12.6. The Kier molecular flexibility index (Phi) is 4.77. The monoisotopic (exact) mass is 266 g/mol. The Labute approximate surface area is 116 Å². The molecule has 1 rings (SSSR count). The molecule has 0 aromatic rings. The van der Waals surface area contributed by atoms with Crippen molar-refractivity contribution in [3.05, 3.63) is 11.6 Å². The lowest BCUT2D eigenvalue weighted by atomic mass is 9.83. The molecular formula is C15H26N2O2. The molecule has 1 saturated heterocycles. The van der Waals surface area contributed by atoms with Gasteiger partial charge in [0.2, 0.25) is 11.8 Å². The van der Waals surface area contributed by atoms with Crippen LogP contribution in [-0.4, -0.2) is 35.3 Å². The minimum atomic E-state index is -0.437. The van der Waals surface area contributed by atoms with Crippen LogP contribution < -0.4 is 5.32 Å². The van der Waals surface area contributed by atoms with Crippen molar-refractivity contribution < 1.29 is 9.59 Å². The van der Waals surface area contributed by atoms with Crippen molar-refractivity contribution in [2.24, 2.45) is 5.41 Å². The van der Waals surface area contributed by atoms with Gasteiger partial charge in [0.1, 0.15) is 12.1 Å². The highest BCUT2D eigenvalue weighted by atomic mass is 16.2. The number of nitrogens with zero attached hydrogens (tertiary/aromatic N) is 1. The van der Waals surface area contributed by atoms with E-state index in [4.69, 9.17) is 0 Å². The lowest BCUT2D eigenvalue weighted by molar-refractivity contribution is -0.151. The number of carbonyl (C=O) groups excluding carboxylic acids is 2. The second-order valence-electron chi connectivity index (χ2n) is 6.50. The smallest absolute Gasteiger partial charge is 0.246 e. The Morgan fingerprint density at radius 3 is 2.32 bits per heavy atom. The summed E-state index contributed by atoms with van der Waals surface area (Å²) in [7, 11) is 0. The van der Waals surface area contributed by atoms with Crippen LogP contribution in [0.5, 0.6) is 0 Å². The largest absolute Gasteiger partial charge is 0.342 e. The van der Waals surface area contributed by atoms with Crippen LogP contribution in [0.1, 0.15) is 48.0 Å². The minimum absolute atomic E-state index is 0.0245. The number of nitrogens with one attached hydrogen (secondary N) is 1. The van der Waals surface area contributed by atoms with E-state index in [0.717, 1.165) is 5.57 Å². The molecule has 2 unspecified atom stereocenters. The van der Waals surface area contributed by atoms with Gasteiger partial charge in [-0.05, 0) is 25.7 Å². The van der Waals surface area contributed by atoms with Crippen LogP contribution in [0.15, 0.2) is 11.6 Å². The average Bonchev–Trinajstić information content (AvgIpc) is 2.27. The topological polar surface area (TPSA) is 49.4 Å². The molecule has 0 bridgehead atoms. The van der Waals surface area contributed by atoms with Crippen molar-refractivity contribution in [1.29, 1.82) is 0 Å². The van der Waals surface area contributed by atoms with Gasteiger partial charge in [-0.1, -0.05) is 39.3 Å². The first-order chi connectivity index (χ1) is 8.68. The lowest BCUT2D eigenvalue weighted by Gasteiger charge is -2.42. The van der Waals surface area contributed by atoms with Crippen molar-refractivity contribution in [1.82, 2.24) is 10.2 Å². The summed E-state index contributed by atoms with van der Waals surface area (Å²) in [5.41, 5.74) is 0.884. The van der Waals surface area contributed by atoms with Gasteiger partial charge in [-0.3, -0.25) is 9.59 Å². The molecule has 1 fully saturated rings. The van der Waals surface area contributed by atoms with Crippen molar-refractivity contribution in [3.8, 4) is 0 Å². The van der Waals surface area contributed by atoms with Crippen molar-refractivity contribution in [2.45, 2.75) is 60.0 Å². The Bertz CT molecular complexity index is 389. The minimum Gasteiger partial charge on any atom is -0.342 e. The fourth-order valence-corrected chi connectivity index (χ4v) is 2.25. The Hall–Kier alpha value is -1.32. The Morgan fingerprint density at radius 2 is 1.89 bits per heavy atom. The first-order valence-corrected chi connectivity index (χ1v) is 6.92. The fraction of sp³-hybridized carbons (Fsp3) is 0.733. The fourth-order valence-electron chi connectivity index (χ4n) is 2.25. The second-order valence-corrected chi connectivity index (χ2v) is 6.50. The summed E-state index contributed by atoms with van der Waals surface area (Å²) in [6.45, 7) is 12.4. The third-order valence-electron chi connectivity index (χ3n) is 3.44. The van der Waals surface area contributed by atoms with Gasteiger partial charge in [0, 0.05) is 6.54 Å². The molecule has 108 valence electrons. The van der Waals surface area contributed by atoms with Gasteiger partial charge in [0.15, 0.2) is 0 Å². The molecule has 1 heterocycles. The number of hydrogen-bond donors (Lipinski definition) is 1. The highest BCUT2D eigenvalue weighted by Gasteiger charge is 2.43. The van der Waals surface area contributed by atoms with Gasteiger partial charge < -0.3 is 10.2 Å². The molecule has 2 amide bonds. The summed E-state index contributed by atoms with van der Waals surface area (Å²) in [6.07, 6.45) is 2.64. The van der Waals surface area contributed by atoms with Crippen LogP contribution in [0.3, 0.4) is 0 Å². The highest BCUT2D eigenvalue weighted by molar-refractivity contribution is 5.97. The molecule has 4 heteroatoms. The molecule has 0 spiro atoms. The van der Waals surface area contributed by atoms with E-state index in [1.165, 1.54) is 0 Å². The van der Waals surface area contributed by atoms with E-state index in [1.807, 2.05) is 47.6 Å². The van der Waals surface area contributed by atoms with Gasteiger partial charge in [0.25, 0.3) is 0 Å². The van der Waals surface area contributed by atoms with Gasteiger partial charge in [0.05, 0.1) is 0 Å². The molecule has 19 heavy (non-hydrogen) atoms. The second kappa shape index (κ2) is 5.76. The number of piperazine rings is 1. The van der Waals surface area contributed by atoms with Crippen molar-refractivity contribution in [3.63, 3.8) is 0 Å². The van der Waals surface area contributed by atoms with Crippen LogP contribution in [0, 0.1) is 5.41 Å². The summed E-state index contributed by atoms with van der Waals surface area (Å²) in [5, 5.41) is 2.87. The SMILES string of the molecule is CCC1C(=O)NC(C(C)(C)C)C(=O)N1CC=C(C)C. The maximum Gasteiger partial charge on any atom is 0.246 e. The number of hydrogen-bond acceptors (Lipinski definition) is 2. The maximum atomic E-state index is 12.6. The van der Waals surface area contributed by atoms with Gasteiger partial charge >= 0.3 is 0 Å². The van der Waals surface area contributed by atoms with Crippen LogP contribution >= 0.6 is 0 Å². The third-order valence-corrected chi connectivity index (χ3v) is 3.44. The quantitative estimate of drug-likeness (QED) is 0.795. The predicted molar refractivity (Wildman–Crippen MR) is 76.6 cm³/mol. The predicted octanol–water partition coefficient (Wildman–Crippen LogP) is 2.10. The molecule has 1 aliphatic heterocycles. The zero-order valence-electron chi connectivity index (χ0n) is 12.9. The van der Waals surface area contributed by atoms with Crippen LogP contribution in [0.2, 0.25) is 0 Å². The summed E-state index contributed by atoms with van der Waals surface area (Å²) in [5.74, 6) is -0.0133. The summed E-state index contributed by atoms with van der Waals surface area (Å²) < 4.78 is 0. The normalized spacial score (nSPS) is 24.2. The van der Waals surface area contributed by atoms with Crippen molar-refractivity contribution >= 4 is 11.8 Å². The van der Waals surface area contributed by atoms with Crippen LogP contribution in [-0.2, 0) is 9.59 Å². The first-order valence-electron chi connectivity index (χ1n) is 6.92. The standard InChI is InChI=1S/C15H26N2O2/c1-7-11-13(18)16-12(15(4,5)6)14(19)17(11)9-8-10(2)3/h8,11-12H,7,9H2,1-6H3,(H,16,18). The molecule has 0 aliphatic carbocycles. The highest BCUT2D eigenvalue weighted by Crippen LogP contribution is 2.26. The van der Waals surface area contributed by atoms with E-state index in [1.54, 1.807) is 4.90 Å². The number of allylic oxidation sites excluding steroid dienone is 1. The van der Waals surface area contributed by atoms with Gasteiger partial charge in [-0.25, -0.2) is 0 Å². The van der Waals surface area contributed by atoms with E-state index in [-0.39, 0.29) is 23.3 Å². The molecule has 1 N–H and O–H groups in total. The van der Waals surface area contributed by atoms with E-state index in [9.17, 15) is 9.59 Å². The Balaban J connectivity index is 3.03. The molecule has 1 aliphatic rings. The first kappa shape index (κ1) is 15.7. The van der Waals surface area contributed by atoms with Crippen LogP contribution in [0.25, 0.3) is 0 Å². The van der Waals surface area contributed by atoms with Crippen LogP contribution in [0.4, 0.5) is 0 Å². The Morgan fingerprint density at radius 1 is 1.32 bits per heavy atom. The van der Waals surface area contributed by atoms with E-state index in [2.05, 4.69) is 5.32 Å². The molecule has 0 saturated carbocycles. The molecule has 0 radical (unpaired) electrons. The molecule has 4 nitrogen and oxygen atoms in total. The zero-order chi connectivity index (χ0) is 14.8. The van der Waals surface area contributed by atoms with E-state index < -0.39 is 6.04 Å². The third kappa shape index (κ3) is 3.58. The number of carbonyl (C=O) groups is 2. The molecular weight excluding hydrogens is 240 g/mol. The van der Waals surface area contributed by atoms with Gasteiger partial charge in [-0.2, -0.15) is 0 Å². The van der Waals surface area contributed by atoms with Gasteiger partial charge in [-0.15, -0.1) is 0 Å². The van der Waals surface area contributed by atoms with Crippen molar-refractivity contribution in [2.75, 3.05) is 6.54 Å². The summed E-state index contributed by atoms with van der Waals surface area (Å²) in [6, 6.07) is -0.782. The number of amides is 2. The van der Waals surface area contributed by atoms with E-state index in [0.29, 0.717) is 13.0 Å². The summed E-state index contributed by atoms with van der Waals surface area (Å²) in [4.78, 5) is 26.4. The number of rotatable bonds is 3. The lowest BCUT2D eigenvalue weighted by Crippen LogP contribution is -2.66. The molecule has 0 aromatic carbocycles. The molecule has 2 atom stereocenters. The molecule has 0 aromatic heterocycles. The summed E-state index contributed by atoms with van der Waals surface area (Å²) >= 11 is 0. The zero-order valence-corrected chi connectivity index (χ0v) is 12.9. The van der Waals surface area contributed by atoms with E-state index >= 15 is 0 Å².